The Morgan fingerprint density at radius 1 is 1.12 bits per heavy atom. The fourth-order valence-corrected chi connectivity index (χ4v) is 4.69. The molecule has 0 spiro atoms. The Labute approximate surface area is 200 Å². The summed E-state index contributed by atoms with van der Waals surface area (Å²) in [6.07, 6.45) is 3.90. The SMILES string of the molecule is C=CCN1C(=O)C(Cc2ccc(C)cc2)S/C1=N/N=C/c1ccc(-c2ccc(Br)cc2)o1. The molecule has 4 rings (SSSR count). The highest BCUT2D eigenvalue weighted by molar-refractivity contribution is 9.10. The molecule has 1 unspecified atom stereocenters. The second-order valence-electron chi connectivity index (χ2n) is 7.37. The number of furan rings is 1. The van der Waals surface area contributed by atoms with Crippen molar-refractivity contribution in [3.8, 4) is 11.3 Å². The zero-order valence-corrected chi connectivity index (χ0v) is 20.0. The maximum atomic E-state index is 12.9. The summed E-state index contributed by atoms with van der Waals surface area (Å²) in [6, 6.07) is 19.9. The third-order valence-electron chi connectivity index (χ3n) is 4.96. The molecule has 0 aliphatic carbocycles. The molecule has 162 valence electrons. The van der Waals surface area contributed by atoms with Crippen LogP contribution in [0.25, 0.3) is 11.3 Å². The first-order valence-corrected chi connectivity index (χ1v) is 11.8. The normalized spacial score (nSPS) is 17.6. The lowest BCUT2D eigenvalue weighted by molar-refractivity contribution is -0.125. The third-order valence-corrected chi connectivity index (χ3v) is 6.65. The number of hydrogen-bond acceptors (Lipinski definition) is 5. The molecule has 1 fully saturated rings. The van der Waals surface area contributed by atoms with Crippen molar-refractivity contribution in [2.45, 2.75) is 18.6 Å². The summed E-state index contributed by atoms with van der Waals surface area (Å²) >= 11 is 4.87. The first-order valence-electron chi connectivity index (χ1n) is 10.1. The van der Waals surface area contributed by atoms with Crippen molar-refractivity contribution in [1.82, 2.24) is 4.90 Å². The summed E-state index contributed by atoms with van der Waals surface area (Å²) in [7, 11) is 0. The summed E-state index contributed by atoms with van der Waals surface area (Å²) in [6.45, 7) is 6.21. The van der Waals surface area contributed by atoms with Gasteiger partial charge >= 0.3 is 0 Å². The lowest BCUT2D eigenvalue weighted by Crippen LogP contribution is -2.32. The molecule has 1 atom stereocenters. The molecule has 7 heteroatoms. The average Bonchev–Trinajstić information content (AvgIpc) is 3.37. The van der Waals surface area contributed by atoms with E-state index in [4.69, 9.17) is 4.42 Å². The molecule has 1 aromatic heterocycles. The quantitative estimate of drug-likeness (QED) is 0.221. The lowest BCUT2D eigenvalue weighted by Gasteiger charge is -2.12. The molecule has 3 aromatic rings. The Balaban J connectivity index is 1.47. The second-order valence-corrected chi connectivity index (χ2v) is 9.46. The summed E-state index contributed by atoms with van der Waals surface area (Å²) in [5.41, 5.74) is 3.30. The van der Waals surface area contributed by atoms with E-state index < -0.39 is 0 Å². The number of aryl methyl sites for hydroxylation is 1. The highest BCUT2D eigenvalue weighted by Gasteiger charge is 2.37. The number of nitrogens with zero attached hydrogens (tertiary/aromatic N) is 3. The van der Waals surface area contributed by atoms with Crippen LogP contribution in [0.1, 0.15) is 16.9 Å². The monoisotopic (exact) mass is 507 g/mol. The predicted molar refractivity (Wildman–Crippen MR) is 135 cm³/mol. The van der Waals surface area contributed by atoms with E-state index in [9.17, 15) is 4.79 Å². The molecule has 0 bridgehead atoms. The van der Waals surface area contributed by atoms with Gasteiger partial charge in [0.15, 0.2) is 5.17 Å². The van der Waals surface area contributed by atoms with Gasteiger partial charge in [0, 0.05) is 16.6 Å². The molecule has 1 saturated heterocycles. The first-order chi connectivity index (χ1) is 15.5. The van der Waals surface area contributed by atoms with E-state index in [0.29, 0.717) is 23.9 Å². The van der Waals surface area contributed by atoms with Gasteiger partial charge in [0.25, 0.3) is 0 Å². The zero-order valence-electron chi connectivity index (χ0n) is 17.6. The van der Waals surface area contributed by atoms with Crippen molar-refractivity contribution in [3.63, 3.8) is 0 Å². The number of benzene rings is 2. The minimum absolute atomic E-state index is 0.0277. The number of carbonyl (C=O) groups excluding carboxylic acids is 1. The number of hydrogen-bond donors (Lipinski definition) is 0. The summed E-state index contributed by atoms with van der Waals surface area (Å²) in [4.78, 5) is 14.5. The molecule has 1 aliphatic heterocycles. The van der Waals surface area contributed by atoms with Crippen LogP contribution in [0.5, 0.6) is 0 Å². The summed E-state index contributed by atoms with van der Waals surface area (Å²) < 4.78 is 6.85. The van der Waals surface area contributed by atoms with E-state index >= 15 is 0 Å². The molecule has 2 heterocycles. The van der Waals surface area contributed by atoms with Crippen LogP contribution in [0.4, 0.5) is 0 Å². The standard InChI is InChI=1S/C25H22BrN3O2S/c1-3-14-29-24(30)23(15-18-6-4-17(2)5-7-18)32-25(29)28-27-16-21-12-13-22(31-21)19-8-10-20(26)11-9-19/h3-13,16,23H,1,14-15H2,2H3/b27-16+,28-25+. The molecule has 2 aromatic carbocycles. The van der Waals surface area contributed by atoms with E-state index in [1.54, 1.807) is 17.2 Å². The second kappa shape index (κ2) is 10.1. The van der Waals surface area contributed by atoms with Gasteiger partial charge in [-0.2, -0.15) is 5.10 Å². The van der Waals surface area contributed by atoms with Crippen LogP contribution in [0.3, 0.4) is 0 Å². The molecule has 1 amide bonds. The van der Waals surface area contributed by atoms with E-state index in [-0.39, 0.29) is 11.2 Å². The molecule has 0 N–H and O–H groups in total. The molecule has 0 saturated carbocycles. The van der Waals surface area contributed by atoms with Crippen molar-refractivity contribution >= 4 is 45.0 Å². The topological polar surface area (TPSA) is 58.2 Å². The van der Waals surface area contributed by atoms with Gasteiger partial charge in [-0.15, -0.1) is 11.7 Å². The number of halogens is 1. The van der Waals surface area contributed by atoms with Gasteiger partial charge in [0.2, 0.25) is 5.91 Å². The van der Waals surface area contributed by atoms with Crippen LogP contribution >= 0.6 is 27.7 Å². The lowest BCUT2D eigenvalue weighted by atomic mass is 10.1. The van der Waals surface area contributed by atoms with Gasteiger partial charge in [0.1, 0.15) is 11.5 Å². The van der Waals surface area contributed by atoms with Crippen molar-refractivity contribution in [2.75, 3.05) is 6.54 Å². The van der Waals surface area contributed by atoms with Gasteiger partial charge < -0.3 is 4.42 Å². The molecule has 32 heavy (non-hydrogen) atoms. The van der Waals surface area contributed by atoms with Crippen molar-refractivity contribution in [1.29, 1.82) is 0 Å². The molecular weight excluding hydrogens is 486 g/mol. The predicted octanol–water partition coefficient (Wildman–Crippen LogP) is 6.08. The molecular formula is C25H22BrN3O2S. The van der Waals surface area contributed by atoms with Gasteiger partial charge in [-0.3, -0.25) is 9.69 Å². The van der Waals surface area contributed by atoms with Crippen LogP contribution in [0.2, 0.25) is 0 Å². The van der Waals surface area contributed by atoms with Crippen molar-refractivity contribution in [2.24, 2.45) is 10.2 Å². The van der Waals surface area contributed by atoms with Crippen molar-refractivity contribution in [3.05, 3.63) is 94.7 Å². The molecule has 0 radical (unpaired) electrons. The Morgan fingerprint density at radius 2 is 1.88 bits per heavy atom. The smallest absolute Gasteiger partial charge is 0.242 e. The van der Waals surface area contributed by atoms with Crippen LogP contribution in [-0.4, -0.2) is 34.0 Å². The summed E-state index contributed by atoms with van der Waals surface area (Å²) in [5.74, 6) is 1.37. The van der Waals surface area contributed by atoms with Crippen molar-refractivity contribution < 1.29 is 9.21 Å². The number of amides is 1. The van der Waals surface area contributed by atoms with Crippen LogP contribution < -0.4 is 0 Å². The average molecular weight is 508 g/mol. The Kier molecular flexibility index (Phi) is 7.07. The van der Waals surface area contributed by atoms with E-state index in [1.807, 2.05) is 36.4 Å². The zero-order chi connectivity index (χ0) is 22.5. The minimum Gasteiger partial charge on any atom is -0.455 e. The summed E-state index contributed by atoms with van der Waals surface area (Å²) in [5, 5.41) is 8.84. The first kappa shape index (κ1) is 22.3. The van der Waals surface area contributed by atoms with Gasteiger partial charge in [-0.25, -0.2) is 0 Å². The third kappa shape index (κ3) is 5.29. The number of carbonyl (C=O) groups is 1. The fraction of sp³-hybridized carbons (Fsp3) is 0.160. The van der Waals surface area contributed by atoms with Crippen LogP contribution in [0.15, 0.2) is 92.4 Å². The Hall–Kier alpha value is -2.90. The largest absolute Gasteiger partial charge is 0.455 e. The van der Waals surface area contributed by atoms with Crippen LogP contribution in [0, 0.1) is 6.92 Å². The van der Waals surface area contributed by atoms with E-state index in [0.717, 1.165) is 21.4 Å². The maximum absolute atomic E-state index is 12.9. The Bertz CT molecular complexity index is 1170. The highest BCUT2D eigenvalue weighted by Crippen LogP contribution is 2.30. The van der Waals surface area contributed by atoms with Gasteiger partial charge in [0.05, 0.1) is 11.5 Å². The minimum atomic E-state index is -0.223. The van der Waals surface area contributed by atoms with Gasteiger partial charge in [-0.05, 0) is 43.2 Å². The van der Waals surface area contributed by atoms with E-state index in [1.165, 1.54) is 17.3 Å². The maximum Gasteiger partial charge on any atom is 0.242 e. The number of thioether (sulfide) groups is 1. The Morgan fingerprint density at radius 3 is 2.59 bits per heavy atom. The molecule has 5 nitrogen and oxygen atoms in total. The number of rotatable bonds is 7. The fourth-order valence-electron chi connectivity index (χ4n) is 3.28. The highest BCUT2D eigenvalue weighted by atomic mass is 79.9. The number of amidine groups is 1. The van der Waals surface area contributed by atoms with Crippen LogP contribution in [-0.2, 0) is 11.2 Å². The van der Waals surface area contributed by atoms with Gasteiger partial charge in [-0.1, -0.05) is 75.7 Å². The molecule has 1 aliphatic rings. The van der Waals surface area contributed by atoms with E-state index in [2.05, 4.69) is 63.9 Å².